The second-order valence-corrected chi connectivity index (χ2v) is 8.29. The van der Waals surface area contributed by atoms with E-state index in [4.69, 9.17) is 24.5 Å². The molecule has 1 aromatic rings. The van der Waals surface area contributed by atoms with Gasteiger partial charge in [0.2, 0.25) is 5.91 Å². The van der Waals surface area contributed by atoms with Gasteiger partial charge in [-0.2, -0.15) is 32.3 Å². The lowest BCUT2D eigenvalue weighted by Crippen LogP contribution is -2.20. The molecule has 1 unspecified atom stereocenters. The zero-order valence-electron chi connectivity index (χ0n) is 11.1. The van der Waals surface area contributed by atoms with E-state index < -0.39 is 26.0 Å². The SMILES string of the molecule is CC(S)C(=O)Nc1ccc(N=C(P(=O)(O)O)[P+](O)(O)O)nc1. The van der Waals surface area contributed by atoms with E-state index in [2.05, 4.69) is 27.9 Å². The van der Waals surface area contributed by atoms with Gasteiger partial charge in [0, 0.05) is 0 Å². The molecule has 0 fully saturated rings. The van der Waals surface area contributed by atoms with Gasteiger partial charge in [0.1, 0.15) is 0 Å². The van der Waals surface area contributed by atoms with Crippen molar-refractivity contribution < 1.29 is 33.8 Å². The molecule has 0 aliphatic heterocycles. The minimum absolute atomic E-state index is 0.278. The Kier molecular flexibility index (Phi) is 6.19. The van der Waals surface area contributed by atoms with Gasteiger partial charge in [0.15, 0.2) is 5.82 Å². The highest BCUT2D eigenvalue weighted by atomic mass is 32.1. The summed E-state index contributed by atoms with van der Waals surface area (Å²) in [7, 11) is -10.2. The van der Waals surface area contributed by atoms with Crippen molar-refractivity contribution in [2.24, 2.45) is 4.99 Å². The number of hydrogen-bond donors (Lipinski definition) is 7. The Morgan fingerprint density at radius 2 is 2.00 bits per heavy atom. The van der Waals surface area contributed by atoms with Gasteiger partial charge in [0.25, 0.3) is 0 Å². The first-order valence-corrected chi connectivity index (χ1v) is 9.36. The Morgan fingerprint density at radius 1 is 1.41 bits per heavy atom. The van der Waals surface area contributed by atoms with Crippen molar-refractivity contribution in [3.63, 3.8) is 0 Å². The second kappa shape index (κ2) is 7.12. The number of carbonyl (C=O) groups excluding carboxylic acids is 1. The van der Waals surface area contributed by atoms with Crippen LogP contribution in [0.25, 0.3) is 0 Å². The maximum absolute atomic E-state index is 11.4. The molecule has 0 spiro atoms. The Balaban J connectivity index is 3.06. The number of anilines is 1. The van der Waals surface area contributed by atoms with Crippen LogP contribution in [0.4, 0.5) is 11.5 Å². The molecule has 0 radical (unpaired) electrons. The first-order chi connectivity index (χ1) is 9.91. The van der Waals surface area contributed by atoms with Crippen molar-refractivity contribution in [2.45, 2.75) is 12.2 Å². The fourth-order valence-electron chi connectivity index (χ4n) is 1.18. The van der Waals surface area contributed by atoms with Gasteiger partial charge in [-0.15, -0.1) is 0 Å². The van der Waals surface area contributed by atoms with Crippen LogP contribution in [0.5, 0.6) is 0 Å². The Morgan fingerprint density at radius 3 is 2.36 bits per heavy atom. The second-order valence-electron chi connectivity index (χ2n) is 4.09. The summed E-state index contributed by atoms with van der Waals surface area (Å²) >= 11 is 3.93. The number of nitrogens with zero attached hydrogens (tertiary/aromatic N) is 2. The molecular formula is C9H14N3O7P2S+. The van der Waals surface area contributed by atoms with E-state index in [0.717, 1.165) is 12.3 Å². The van der Waals surface area contributed by atoms with Crippen molar-refractivity contribution >= 4 is 50.8 Å². The van der Waals surface area contributed by atoms with Crippen molar-refractivity contribution in [3.8, 4) is 0 Å². The van der Waals surface area contributed by atoms with Gasteiger partial charge in [-0.25, -0.2) is 9.55 Å². The number of hydrogen-bond acceptors (Lipinski definition) is 8. The first kappa shape index (κ1) is 19.1. The summed E-state index contributed by atoms with van der Waals surface area (Å²) in [4.78, 5) is 63.3. The first-order valence-electron chi connectivity index (χ1n) is 5.59. The van der Waals surface area contributed by atoms with Gasteiger partial charge in [-0.1, -0.05) is 0 Å². The number of amides is 1. The normalized spacial score (nSPS) is 14.6. The van der Waals surface area contributed by atoms with Crippen molar-refractivity contribution in [2.75, 3.05) is 5.32 Å². The summed E-state index contributed by atoms with van der Waals surface area (Å²) in [5.41, 5.74) is 0.278. The molecule has 1 heterocycles. The predicted molar refractivity (Wildman–Crippen MR) is 84.0 cm³/mol. The van der Waals surface area contributed by atoms with Crippen LogP contribution >= 0.6 is 28.2 Å². The van der Waals surface area contributed by atoms with Crippen LogP contribution in [0.3, 0.4) is 0 Å². The van der Waals surface area contributed by atoms with E-state index in [-0.39, 0.29) is 17.4 Å². The predicted octanol–water partition coefficient (Wildman–Crippen LogP) is 0.243. The molecule has 0 bridgehead atoms. The van der Waals surface area contributed by atoms with E-state index in [1.807, 2.05) is 0 Å². The van der Waals surface area contributed by atoms with E-state index in [9.17, 15) is 9.36 Å². The molecule has 10 nitrogen and oxygen atoms in total. The molecule has 122 valence electrons. The van der Waals surface area contributed by atoms with Gasteiger partial charge < -0.3 is 15.1 Å². The number of aliphatic imine (C=N–C) groups is 1. The number of nitrogens with one attached hydrogen (secondary N) is 1. The number of rotatable bonds is 5. The highest BCUT2D eigenvalue weighted by Gasteiger charge is 2.51. The van der Waals surface area contributed by atoms with Crippen LogP contribution in [0, 0.1) is 0 Å². The number of carbonyl (C=O) groups is 1. The zero-order chi connectivity index (χ0) is 17.1. The van der Waals surface area contributed by atoms with Crippen LogP contribution in [-0.2, 0) is 9.36 Å². The highest BCUT2D eigenvalue weighted by molar-refractivity contribution is 8.00. The van der Waals surface area contributed by atoms with Crippen LogP contribution < -0.4 is 5.32 Å². The third-order valence-corrected chi connectivity index (χ3v) is 5.22. The number of aromatic nitrogens is 1. The largest absolute Gasteiger partial charge is 0.469 e. The van der Waals surface area contributed by atoms with Gasteiger partial charge in [-0.05, 0) is 19.1 Å². The maximum atomic E-state index is 11.4. The fraction of sp³-hybridized carbons (Fsp3) is 0.222. The van der Waals surface area contributed by atoms with Crippen molar-refractivity contribution in [1.29, 1.82) is 0 Å². The number of pyridine rings is 1. The van der Waals surface area contributed by atoms with E-state index in [1.165, 1.54) is 6.07 Å². The molecule has 1 atom stereocenters. The van der Waals surface area contributed by atoms with Crippen LogP contribution in [-0.4, -0.2) is 45.8 Å². The third-order valence-electron chi connectivity index (χ3n) is 2.14. The average molecular weight is 370 g/mol. The van der Waals surface area contributed by atoms with E-state index in [1.54, 1.807) is 6.92 Å². The lowest BCUT2D eigenvalue weighted by molar-refractivity contribution is -0.115. The van der Waals surface area contributed by atoms with Gasteiger partial charge in [0.05, 0.1) is 17.1 Å². The van der Waals surface area contributed by atoms with E-state index in [0.29, 0.717) is 0 Å². The molecule has 0 saturated carbocycles. The summed E-state index contributed by atoms with van der Waals surface area (Å²) in [5.74, 6) is -0.680. The van der Waals surface area contributed by atoms with Crippen LogP contribution in [0.2, 0.25) is 0 Å². The Bertz CT molecular complexity index is 623. The molecule has 1 amide bonds. The highest BCUT2D eigenvalue weighted by Crippen LogP contribution is 2.60. The van der Waals surface area contributed by atoms with Crippen LogP contribution in [0.1, 0.15) is 6.92 Å². The lowest BCUT2D eigenvalue weighted by atomic mass is 10.3. The fourth-order valence-corrected chi connectivity index (χ4v) is 3.11. The minimum Gasteiger partial charge on any atom is -0.324 e. The average Bonchev–Trinajstić information content (AvgIpc) is 2.34. The molecule has 1 rings (SSSR count). The Labute approximate surface area is 131 Å². The molecule has 0 aromatic carbocycles. The summed E-state index contributed by atoms with van der Waals surface area (Å²) < 4.78 is 11.1. The minimum atomic E-state index is -5.18. The molecule has 0 aliphatic carbocycles. The Hall–Kier alpha value is -0.900. The van der Waals surface area contributed by atoms with E-state index >= 15 is 0 Å². The smallest absolute Gasteiger partial charge is 0.324 e. The molecule has 1 aromatic heterocycles. The standard InChI is InChI=1S/C9H13N3O7P2S/c1-5(22)8(13)11-6-2-3-7(10-4-6)12-9(20(14,15)16)21(17,18)19/h2-5,14-16H,1H3,(H3-,11,13,17,18,19,22)/p+1. The molecule has 13 heteroatoms. The zero-order valence-corrected chi connectivity index (χ0v) is 13.8. The summed E-state index contributed by atoms with van der Waals surface area (Å²) in [6, 6.07) is 2.48. The summed E-state index contributed by atoms with van der Waals surface area (Å²) in [6.45, 7) is 1.56. The summed E-state index contributed by atoms with van der Waals surface area (Å²) in [5, 5.41) is 0.444. The van der Waals surface area contributed by atoms with Crippen molar-refractivity contribution in [1.82, 2.24) is 4.98 Å². The monoisotopic (exact) mass is 370 g/mol. The quantitative estimate of drug-likeness (QED) is 0.219. The topological polar surface area (TPSA) is 173 Å². The van der Waals surface area contributed by atoms with Gasteiger partial charge >= 0.3 is 20.7 Å². The maximum Gasteiger partial charge on any atom is 0.469 e. The van der Waals surface area contributed by atoms with Crippen LogP contribution in [0.15, 0.2) is 23.3 Å². The number of thiol groups is 1. The van der Waals surface area contributed by atoms with Gasteiger partial charge in [-0.3, -0.25) is 4.79 Å². The molecule has 22 heavy (non-hydrogen) atoms. The molecular weight excluding hydrogens is 356 g/mol. The third kappa shape index (κ3) is 5.71. The molecule has 0 saturated heterocycles. The lowest BCUT2D eigenvalue weighted by Gasteiger charge is -2.08. The summed E-state index contributed by atoms with van der Waals surface area (Å²) in [6.07, 6.45) is 1.14. The molecule has 6 N–H and O–H groups in total. The molecule has 0 aliphatic rings. The van der Waals surface area contributed by atoms with Crippen molar-refractivity contribution in [3.05, 3.63) is 18.3 Å².